The van der Waals surface area contributed by atoms with Crippen LogP contribution in [-0.4, -0.2) is 21.0 Å². The van der Waals surface area contributed by atoms with E-state index < -0.39 is 5.97 Å². The van der Waals surface area contributed by atoms with Crippen LogP contribution in [-0.2, 0) is 13.0 Å². The molecule has 2 N–H and O–H groups in total. The van der Waals surface area contributed by atoms with Crippen molar-refractivity contribution in [3.05, 3.63) is 53.5 Å². The zero-order valence-corrected chi connectivity index (χ0v) is 10.6. The molecule has 0 spiro atoms. The number of carbonyl (C=O) groups is 1. The maximum atomic E-state index is 11.1. The van der Waals surface area contributed by atoms with E-state index in [4.69, 9.17) is 5.11 Å². The number of nitrogens with one attached hydrogen (secondary N) is 1. The molecule has 5 heteroatoms. The number of aromatic nitrogens is 2. The molecule has 0 fully saturated rings. The highest BCUT2D eigenvalue weighted by atomic mass is 16.4. The second-order valence-corrected chi connectivity index (χ2v) is 4.05. The number of benzene rings is 1. The predicted octanol–water partition coefficient (Wildman–Crippen LogP) is 2.35. The first-order valence-electron chi connectivity index (χ1n) is 6.07. The van der Waals surface area contributed by atoms with Crippen LogP contribution in [0, 0.1) is 0 Å². The zero-order chi connectivity index (χ0) is 13.7. The Labute approximate surface area is 111 Å². The number of carboxylic acid groups (broad SMARTS) is 1. The summed E-state index contributed by atoms with van der Waals surface area (Å²) in [6.07, 6.45) is 2.02. The van der Waals surface area contributed by atoms with Gasteiger partial charge in [0.1, 0.15) is 17.2 Å². The lowest BCUT2D eigenvalue weighted by Crippen LogP contribution is -2.11. The molecule has 0 atom stereocenters. The monoisotopic (exact) mass is 257 g/mol. The van der Waals surface area contributed by atoms with E-state index in [1.165, 1.54) is 6.20 Å². The van der Waals surface area contributed by atoms with Crippen molar-refractivity contribution in [2.24, 2.45) is 0 Å². The van der Waals surface area contributed by atoms with Crippen LogP contribution in [0.3, 0.4) is 0 Å². The molecule has 0 aliphatic carbocycles. The van der Waals surface area contributed by atoms with Crippen molar-refractivity contribution < 1.29 is 9.90 Å². The first kappa shape index (κ1) is 13.0. The standard InChI is InChI=1S/C14H15N3O2/c1-2-12-15-9-11(14(18)19)13(17-12)16-8-10-6-4-3-5-7-10/h3-7,9H,2,8H2,1H3,(H,18,19)(H,15,16,17). The van der Waals surface area contributed by atoms with Gasteiger partial charge in [0.25, 0.3) is 0 Å². The van der Waals surface area contributed by atoms with Crippen LogP contribution in [0.4, 0.5) is 5.82 Å². The minimum absolute atomic E-state index is 0.0909. The maximum Gasteiger partial charge on any atom is 0.341 e. The molecule has 0 amide bonds. The highest BCUT2D eigenvalue weighted by molar-refractivity contribution is 5.92. The van der Waals surface area contributed by atoms with Gasteiger partial charge in [-0.2, -0.15) is 0 Å². The van der Waals surface area contributed by atoms with Crippen molar-refractivity contribution in [1.82, 2.24) is 9.97 Å². The van der Waals surface area contributed by atoms with Crippen LogP contribution < -0.4 is 5.32 Å². The number of hydrogen-bond acceptors (Lipinski definition) is 4. The van der Waals surface area contributed by atoms with Crippen LogP contribution in [0.15, 0.2) is 36.5 Å². The Balaban J connectivity index is 2.20. The van der Waals surface area contributed by atoms with Crippen LogP contribution in [0.25, 0.3) is 0 Å². The summed E-state index contributed by atoms with van der Waals surface area (Å²) in [5.41, 5.74) is 1.16. The molecule has 0 unspecified atom stereocenters. The van der Waals surface area contributed by atoms with Crippen LogP contribution in [0.5, 0.6) is 0 Å². The molecule has 19 heavy (non-hydrogen) atoms. The van der Waals surface area contributed by atoms with Crippen molar-refractivity contribution in [3.63, 3.8) is 0 Å². The molecule has 1 aromatic heterocycles. The molecule has 2 aromatic rings. The van der Waals surface area contributed by atoms with Gasteiger partial charge in [0, 0.05) is 19.2 Å². The first-order chi connectivity index (χ1) is 9.20. The van der Waals surface area contributed by atoms with E-state index in [9.17, 15) is 4.79 Å². The van der Waals surface area contributed by atoms with Crippen molar-refractivity contribution in [2.45, 2.75) is 19.9 Å². The Morgan fingerprint density at radius 1 is 1.32 bits per heavy atom. The first-order valence-corrected chi connectivity index (χ1v) is 6.07. The lowest BCUT2D eigenvalue weighted by molar-refractivity contribution is 0.0697. The van der Waals surface area contributed by atoms with Gasteiger partial charge < -0.3 is 10.4 Å². The Morgan fingerprint density at radius 3 is 2.68 bits per heavy atom. The van der Waals surface area contributed by atoms with E-state index >= 15 is 0 Å². The van der Waals surface area contributed by atoms with E-state index in [1.807, 2.05) is 37.3 Å². The third-order valence-corrected chi connectivity index (χ3v) is 2.69. The van der Waals surface area contributed by atoms with Gasteiger partial charge in [-0.3, -0.25) is 0 Å². The van der Waals surface area contributed by atoms with Gasteiger partial charge in [-0.05, 0) is 5.56 Å². The van der Waals surface area contributed by atoms with E-state index in [1.54, 1.807) is 0 Å². The zero-order valence-electron chi connectivity index (χ0n) is 10.6. The Hall–Kier alpha value is -2.43. The SMILES string of the molecule is CCc1ncc(C(=O)O)c(NCc2ccccc2)n1. The molecule has 0 saturated carbocycles. The fraction of sp³-hybridized carbons (Fsp3) is 0.214. The maximum absolute atomic E-state index is 11.1. The molecule has 2 rings (SSSR count). The molecule has 0 radical (unpaired) electrons. The summed E-state index contributed by atoms with van der Waals surface area (Å²) < 4.78 is 0. The Bertz CT molecular complexity index is 570. The number of carboxylic acids is 1. The summed E-state index contributed by atoms with van der Waals surface area (Å²) >= 11 is 0. The summed E-state index contributed by atoms with van der Waals surface area (Å²) in [5, 5.41) is 12.2. The van der Waals surface area contributed by atoms with Crippen molar-refractivity contribution >= 4 is 11.8 Å². The average Bonchev–Trinajstić information content (AvgIpc) is 2.45. The number of anilines is 1. The normalized spacial score (nSPS) is 10.2. The van der Waals surface area contributed by atoms with Gasteiger partial charge in [-0.25, -0.2) is 14.8 Å². The summed E-state index contributed by atoms with van der Waals surface area (Å²) in [4.78, 5) is 19.3. The molecule has 1 aromatic carbocycles. The van der Waals surface area contributed by atoms with Crippen LogP contribution in [0.1, 0.15) is 28.7 Å². The molecule has 0 aliphatic rings. The molecule has 0 aliphatic heterocycles. The summed E-state index contributed by atoms with van der Waals surface area (Å²) in [5.74, 6) is -0.0398. The molecular weight excluding hydrogens is 242 g/mol. The van der Waals surface area contributed by atoms with Crippen LogP contribution in [0.2, 0.25) is 0 Å². The number of aromatic carboxylic acids is 1. The fourth-order valence-corrected chi connectivity index (χ4v) is 1.66. The van der Waals surface area contributed by atoms with Gasteiger partial charge in [-0.15, -0.1) is 0 Å². The minimum Gasteiger partial charge on any atom is -0.477 e. The van der Waals surface area contributed by atoms with Crippen LogP contribution >= 0.6 is 0 Å². The average molecular weight is 257 g/mol. The Kier molecular flexibility index (Phi) is 4.07. The van der Waals surface area contributed by atoms with Gasteiger partial charge >= 0.3 is 5.97 Å². The highest BCUT2D eigenvalue weighted by Crippen LogP contribution is 2.13. The summed E-state index contributed by atoms with van der Waals surface area (Å²) in [6, 6.07) is 9.75. The minimum atomic E-state index is -1.03. The van der Waals surface area contributed by atoms with Gasteiger partial charge in [0.2, 0.25) is 0 Å². The molecule has 5 nitrogen and oxygen atoms in total. The lowest BCUT2D eigenvalue weighted by atomic mass is 10.2. The van der Waals surface area contributed by atoms with Crippen molar-refractivity contribution in [1.29, 1.82) is 0 Å². The predicted molar refractivity (Wildman–Crippen MR) is 72.1 cm³/mol. The van der Waals surface area contributed by atoms with E-state index in [0.717, 1.165) is 5.56 Å². The number of rotatable bonds is 5. The highest BCUT2D eigenvalue weighted by Gasteiger charge is 2.12. The largest absolute Gasteiger partial charge is 0.477 e. The summed E-state index contributed by atoms with van der Waals surface area (Å²) in [6.45, 7) is 2.46. The molecule has 0 saturated heterocycles. The van der Waals surface area contributed by atoms with Gasteiger partial charge in [-0.1, -0.05) is 37.3 Å². The van der Waals surface area contributed by atoms with Gasteiger partial charge in [0.15, 0.2) is 0 Å². The summed E-state index contributed by atoms with van der Waals surface area (Å²) in [7, 11) is 0. The van der Waals surface area contributed by atoms with Crippen molar-refractivity contribution in [2.75, 3.05) is 5.32 Å². The second kappa shape index (κ2) is 5.95. The number of aryl methyl sites for hydroxylation is 1. The smallest absolute Gasteiger partial charge is 0.341 e. The van der Waals surface area contributed by atoms with Crippen molar-refractivity contribution in [3.8, 4) is 0 Å². The van der Waals surface area contributed by atoms with E-state index in [-0.39, 0.29) is 5.56 Å². The molecule has 1 heterocycles. The molecule has 0 bridgehead atoms. The molecule has 98 valence electrons. The topological polar surface area (TPSA) is 75.1 Å². The lowest BCUT2D eigenvalue weighted by Gasteiger charge is -2.09. The molecular formula is C14H15N3O2. The third-order valence-electron chi connectivity index (χ3n) is 2.69. The number of hydrogen-bond donors (Lipinski definition) is 2. The van der Waals surface area contributed by atoms with Gasteiger partial charge in [0.05, 0.1) is 0 Å². The fourth-order valence-electron chi connectivity index (χ4n) is 1.66. The van der Waals surface area contributed by atoms with E-state index in [0.29, 0.717) is 24.6 Å². The van der Waals surface area contributed by atoms with E-state index in [2.05, 4.69) is 15.3 Å². The second-order valence-electron chi connectivity index (χ2n) is 4.05. The number of nitrogens with zero attached hydrogens (tertiary/aromatic N) is 2. The Morgan fingerprint density at radius 2 is 2.05 bits per heavy atom. The third kappa shape index (κ3) is 3.28. The quantitative estimate of drug-likeness (QED) is 0.860.